The Bertz CT molecular complexity index is 675. The van der Waals surface area contributed by atoms with Gasteiger partial charge in [-0.15, -0.1) is 0 Å². The van der Waals surface area contributed by atoms with Crippen LogP contribution in [-0.4, -0.2) is 51.1 Å². The summed E-state index contributed by atoms with van der Waals surface area (Å²) in [4.78, 5) is 12.3. The summed E-state index contributed by atoms with van der Waals surface area (Å²) in [6.07, 6.45) is 3.12. The van der Waals surface area contributed by atoms with Gasteiger partial charge in [-0.2, -0.15) is 0 Å². The molecular weight excluding hydrogens is 340 g/mol. The largest absolute Gasteiger partial charge is 0.496 e. The standard InChI is InChI=1S/C18H28N2O4S/c1-3-25(22,23)20-13-7-10-16(14-20)18(21)19-12-6-9-15-8-4-5-11-17(15)24-2/h4-5,8,11,16H,3,6-7,9-10,12-14H2,1-2H3,(H,19,21)/t16-/m0/s1. The number of aryl methyl sites for hydroxylation is 1. The molecule has 1 aliphatic heterocycles. The van der Waals surface area contributed by atoms with Crippen molar-refractivity contribution in [2.75, 3.05) is 32.5 Å². The Morgan fingerprint density at radius 2 is 2.12 bits per heavy atom. The molecule has 140 valence electrons. The number of amides is 1. The number of piperidine rings is 1. The first-order valence-corrected chi connectivity index (χ1v) is 10.5. The second kappa shape index (κ2) is 9.20. The van der Waals surface area contributed by atoms with Gasteiger partial charge < -0.3 is 10.1 Å². The van der Waals surface area contributed by atoms with E-state index in [0.29, 0.717) is 19.6 Å². The molecule has 1 N–H and O–H groups in total. The maximum Gasteiger partial charge on any atom is 0.224 e. The minimum absolute atomic E-state index is 0.0453. The third-order valence-corrected chi connectivity index (χ3v) is 6.48. The molecular formula is C18H28N2O4S. The van der Waals surface area contributed by atoms with Crippen molar-refractivity contribution >= 4 is 15.9 Å². The van der Waals surface area contributed by atoms with Crippen molar-refractivity contribution in [1.29, 1.82) is 0 Å². The summed E-state index contributed by atoms with van der Waals surface area (Å²) in [5, 5.41) is 2.95. The Labute approximate surface area is 150 Å². The van der Waals surface area contributed by atoms with E-state index in [-0.39, 0.29) is 17.6 Å². The number of rotatable bonds is 8. The maximum absolute atomic E-state index is 12.3. The summed E-state index contributed by atoms with van der Waals surface area (Å²) < 4.78 is 30.7. The summed E-state index contributed by atoms with van der Waals surface area (Å²) in [6.45, 7) is 3.03. The summed E-state index contributed by atoms with van der Waals surface area (Å²) in [5.74, 6) is 0.652. The molecule has 1 heterocycles. The average Bonchev–Trinajstić information content (AvgIpc) is 2.65. The number of nitrogens with zero attached hydrogens (tertiary/aromatic N) is 1. The van der Waals surface area contributed by atoms with Crippen LogP contribution in [0.4, 0.5) is 0 Å². The van der Waals surface area contributed by atoms with Crippen LogP contribution in [0, 0.1) is 5.92 Å². The summed E-state index contributed by atoms with van der Waals surface area (Å²) in [7, 11) is -1.56. The van der Waals surface area contributed by atoms with Crippen LogP contribution < -0.4 is 10.1 Å². The van der Waals surface area contributed by atoms with E-state index in [1.54, 1.807) is 14.0 Å². The molecule has 1 aliphatic rings. The highest BCUT2D eigenvalue weighted by molar-refractivity contribution is 7.89. The van der Waals surface area contributed by atoms with Crippen molar-refractivity contribution < 1.29 is 17.9 Å². The maximum atomic E-state index is 12.3. The van der Waals surface area contributed by atoms with E-state index in [4.69, 9.17) is 4.74 Å². The first kappa shape index (κ1) is 19.7. The fourth-order valence-corrected chi connectivity index (χ4v) is 4.32. The lowest BCUT2D eigenvalue weighted by Gasteiger charge is -2.30. The van der Waals surface area contributed by atoms with E-state index in [1.165, 1.54) is 4.31 Å². The molecule has 0 radical (unpaired) electrons. The number of hydrogen-bond donors (Lipinski definition) is 1. The molecule has 0 unspecified atom stereocenters. The summed E-state index contributed by atoms with van der Waals surface area (Å²) >= 11 is 0. The Morgan fingerprint density at radius 1 is 1.36 bits per heavy atom. The van der Waals surface area contributed by atoms with Crippen LogP contribution in [0.2, 0.25) is 0 Å². The van der Waals surface area contributed by atoms with E-state index in [1.807, 2.05) is 24.3 Å². The quantitative estimate of drug-likeness (QED) is 0.710. The van der Waals surface area contributed by atoms with Gasteiger partial charge in [0.1, 0.15) is 5.75 Å². The number of methoxy groups -OCH3 is 1. The topological polar surface area (TPSA) is 75.7 Å². The fraction of sp³-hybridized carbons (Fsp3) is 0.611. The first-order chi connectivity index (χ1) is 12.0. The van der Waals surface area contributed by atoms with Crippen LogP contribution in [0.3, 0.4) is 0 Å². The normalized spacial score (nSPS) is 18.7. The van der Waals surface area contributed by atoms with Gasteiger partial charge in [-0.1, -0.05) is 18.2 Å². The average molecular weight is 368 g/mol. The number of nitrogens with one attached hydrogen (secondary N) is 1. The van der Waals surface area contributed by atoms with Gasteiger partial charge in [0.15, 0.2) is 0 Å². The molecule has 0 bridgehead atoms. The van der Waals surface area contributed by atoms with Crippen molar-refractivity contribution in [3.8, 4) is 5.75 Å². The zero-order chi connectivity index (χ0) is 18.3. The predicted octanol–water partition coefficient (Wildman–Crippen LogP) is 1.81. The van der Waals surface area contributed by atoms with Gasteiger partial charge in [0.05, 0.1) is 18.8 Å². The van der Waals surface area contributed by atoms with E-state index >= 15 is 0 Å². The van der Waals surface area contributed by atoms with E-state index in [0.717, 1.165) is 37.0 Å². The van der Waals surface area contributed by atoms with Gasteiger partial charge in [-0.05, 0) is 44.2 Å². The Kier molecular flexibility index (Phi) is 7.25. The monoisotopic (exact) mass is 368 g/mol. The zero-order valence-electron chi connectivity index (χ0n) is 15.0. The molecule has 7 heteroatoms. The van der Waals surface area contributed by atoms with Gasteiger partial charge in [-0.25, -0.2) is 12.7 Å². The van der Waals surface area contributed by atoms with Gasteiger partial charge in [0.25, 0.3) is 0 Å². The number of carbonyl (C=O) groups excluding carboxylic acids is 1. The number of hydrogen-bond acceptors (Lipinski definition) is 4. The van der Waals surface area contributed by atoms with Gasteiger partial charge in [-0.3, -0.25) is 4.79 Å². The molecule has 1 saturated heterocycles. The molecule has 1 amide bonds. The number of benzene rings is 1. The lowest BCUT2D eigenvalue weighted by atomic mass is 9.99. The second-order valence-corrected chi connectivity index (χ2v) is 8.56. The highest BCUT2D eigenvalue weighted by Crippen LogP contribution is 2.20. The molecule has 1 aromatic carbocycles. The van der Waals surface area contributed by atoms with Crippen molar-refractivity contribution in [1.82, 2.24) is 9.62 Å². The van der Waals surface area contributed by atoms with Crippen LogP contribution >= 0.6 is 0 Å². The van der Waals surface area contributed by atoms with Gasteiger partial charge in [0, 0.05) is 19.6 Å². The van der Waals surface area contributed by atoms with Crippen LogP contribution in [0.15, 0.2) is 24.3 Å². The third-order valence-electron chi connectivity index (χ3n) is 4.63. The number of sulfonamides is 1. The molecule has 1 fully saturated rings. The Morgan fingerprint density at radius 3 is 2.84 bits per heavy atom. The van der Waals surface area contributed by atoms with Crippen LogP contribution in [-0.2, 0) is 21.2 Å². The summed E-state index contributed by atoms with van der Waals surface area (Å²) in [6, 6.07) is 7.86. The molecule has 0 spiro atoms. The fourth-order valence-electron chi connectivity index (χ4n) is 3.14. The number of para-hydroxylation sites is 1. The smallest absolute Gasteiger partial charge is 0.224 e. The van der Waals surface area contributed by atoms with Crippen LogP contribution in [0.5, 0.6) is 5.75 Å². The molecule has 0 aliphatic carbocycles. The molecule has 0 aromatic heterocycles. The van der Waals surface area contributed by atoms with E-state index < -0.39 is 10.0 Å². The minimum atomic E-state index is -3.22. The highest BCUT2D eigenvalue weighted by Gasteiger charge is 2.31. The Hall–Kier alpha value is -1.60. The second-order valence-electron chi connectivity index (χ2n) is 6.30. The molecule has 25 heavy (non-hydrogen) atoms. The highest BCUT2D eigenvalue weighted by atomic mass is 32.2. The van der Waals surface area contributed by atoms with E-state index in [9.17, 15) is 13.2 Å². The van der Waals surface area contributed by atoms with Gasteiger partial charge >= 0.3 is 0 Å². The lowest BCUT2D eigenvalue weighted by Crippen LogP contribution is -2.46. The minimum Gasteiger partial charge on any atom is -0.496 e. The van der Waals surface area contributed by atoms with Crippen molar-refractivity contribution in [3.63, 3.8) is 0 Å². The Balaban J connectivity index is 1.78. The van der Waals surface area contributed by atoms with E-state index in [2.05, 4.69) is 5.32 Å². The van der Waals surface area contributed by atoms with Crippen molar-refractivity contribution in [3.05, 3.63) is 29.8 Å². The lowest BCUT2D eigenvalue weighted by molar-refractivity contribution is -0.126. The summed E-state index contributed by atoms with van der Waals surface area (Å²) in [5.41, 5.74) is 1.12. The first-order valence-electron chi connectivity index (χ1n) is 8.85. The van der Waals surface area contributed by atoms with Gasteiger partial charge in [0.2, 0.25) is 15.9 Å². The van der Waals surface area contributed by atoms with Crippen molar-refractivity contribution in [2.45, 2.75) is 32.6 Å². The van der Waals surface area contributed by atoms with Crippen molar-refractivity contribution in [2.24, 2.45) is 5.92 Å². The third kappa shape index (κ3) is 5.44. The molecule has 1 aromatic rings. The van der Waals surface area contributed by atoms with Crippen LogP contribution in [0.25, 0.3) is 0 Å². The molecule has 1 atom stereocenters. The molecule has 0 saturated carbocycles. The number of ether oxygens (including phenoxy) is 1. The number of carbonyl (C=O) groups is 1. The molecule has 6 nitrogen and oxygen atoms in total. The SMILES string of the molecule is CCS(=O)(=O)N1CCC[C@H](C(=O)NCCCc2ccccc2OC)C1. The molecule has 2 rings (SSSR count). The zero-order valence-corrected chi connectivity index (χ0v) is 15.8. The predicted molar refractivity (Wildman–Crippen MR) is 98.1 cm³/mol. The van der Waals surface area contributed by atoms with Crippen LogP contribution in [0.1, 0.15) is 31.7 Å².